The number of nitrogens with zero attached hydrogens (tertiary/aromatic N) is 1. The molecule has 0 heterocycles. The third kappa shape index (κ3) is 6.08. The number of hydrazone groups is 1. The van der Waals surface area contributed by atoms with E-state index in [9.17, 15) is 4.79 Å². The highest BCUT2D eigenvalue weighted by atomic mass is 79.9. The van der Waals surface area contributed by atoms with Crippen molar-refractivity contribution in [3.05, 3.63) is 87.4 Å². The maximum atomic E-state index is 12.4. The molecule has 0 saturated heterocycles. The molecule has 0 spiro atoms. The lowest BCUT2D eigenvalue weighted by molar-refractivity contribution is 0.0952. The number of hydrogen-bond acceptors (Lipinski definition) is 5. The number of nitrogens with one attached hydrogen (secondary N) is 1. The second-order valence-electron chi connectivity index (χ2n) is 6.73. The van der Waals surface area contributed by atoms with Gasteiger partial charge in [-0.05, 0) is 66.1 Å². The molecule has 3 rings (SSSR count). The van der Waals surface area contributed by atoms with Gasteiger partial charge in [0.15, 0.2) is 11.5 Å². The van der Waals surface area contributed by atoms with Crippen LogP contribution in [0, 0.1) is 6.92 Å². The van der Waals surface area contributed by atoms with Gasteiger partial charge in [0.2, 0.25) is 0 Å². The minimum Gasteiger partial charge on any atom is -0.496 e. The van der Waals surface area contributed by atoms with Gasteiger partial charge in [-0.15, -0.1) is 0 Å². The molecule has 3 aromatic rings. The molecule has 160 valence electrons. The zero-order valence-corrected chi connectivity index (χ0v) is 19.1. The highest BCUT2D eigenvalue weighted by Crippen LogP contribution is 2.28. The molecule has 0 aliphatic carbocycles. The molecule has 0 aliphatic rings. The number of halogens is 1. The summed E-state index contributed by atoms with van der Waals surface area (Å²) in [5.74, 6) is 1.35. The third-order valence-corrected chi connectivity index (χ3v) is 5.01. The Morgan fingerprint density at radius 1 is 0.968 bits per heavy atom. The van der Waals surface area contributed by atoms with Crippen molar-refractivity contribution in [3.8, 4) is 17.2 Å². The molecule has 0 atom stereocenters. The normalized spacial score (nSPS) is 10.7. The molecular formula is C24H23BrN2O4. The zero-order chi connectivity index (χ0) is 22.2. The number of hydrogen-bond donors (Lipinski definition) is 1. The monoisotopic (exact) mass is 482 g/mol. The summed E-state index contributed by atoms with van der Waals surface area (Å²) in [6.45, 7) is 2.33. The summed E-state index contributed by atoms with van der Waals surface area (Å²) in [7, 11) is 3.12. The summed E-state index contributed by atoms with van der Waals surface area (Å²) in [5.41, 5.74) is 5.73. The van der Waals surface area contributed by atoms with Crippen LogP contribution in [-0.2, 0) is 6.61 Å². The smallest absolute Gasteiger partial charge is 0.275 e. The number of rotatable bonds is 8. The molecule has 0 fully saturated rings. The first kappa shape index (κ1) is 22.4. The highest BCUT2D eigenvalue weighted by Gasteiger charge is 2.11. The molecule has 0 unspecified atom stereocenters. The fourth-order valence-electron chi connectivity index (χ4n) is 2.84. The van der Waals surface area contributed by atoms with Gasteiger partial charge in [-0.1, -0.05) is 34.1 Å². The number of ether oxygens (including phenoxy) is 3. The highest BCUT2D eigenvalue weighted by molar-refractivity contribution is 9.10. The molecule has 3 aromatic carbocycles. The van der Waals surface area contributed by atoms with Gasteiger partial charge >= 0.3 is 0 Å². The van der Waals surface area contributed by atoms with Crippen LogP contribution in [0.2, 0.25) is 0 Å². The topological polar surface area (TPSA) is 69.2 Å². The lowest BCUT2D eigenvalue weighted by Crippen LogP contribution is -2.18. The average Bonchev–Trinajstić information content (AvgIpc) is 2.78. The van der Waals surface area contributed by atoms with Crippen molar-refractivity contribution >= 4 is 28.1 Å². The predicted octanol–water partition coefficient (Wildman–Crippen LogP) is 5.12. The quantitative estimate of drug-likeness (QED) is 0.357. The zero-order valence-electron chi connectivity index (χ0n) is 17.5. The Balaban J connectivity index is 1.68. The largest absolute Gasteiger partial charge is 0.496 e. The van der Waals surface area contributed by atoms with Crippen molar-refractivity contribution in [2.75, 3.05) is 14.2 Å². The summed E-state index contributed by atoms with van der Waals surface area (Å²) in [4.78, 5) is 12.4. The van der Waals surface area contributed by atoms with Crippen LogP contribution in [0.15, 0.2) is 70.2 Å². The van der Waals surface area contributed by atoms with Gasteiger partial charge in [-0.3, -0.25) is 4.79 Å². The average molecular weight is 483 g/mol. The predicted molar refractivity (Wildman–Crippen MR) is 124 cm³/mol. The number of amides is 1. The second kappa shape index (κ2) is 10.6. The van der Waals surface area contributed by atoms with Crippen molar-refractivity contribution < 1.29 is 19.0 Å². The minimum atomic E-state index is -0.353. The first-order chi connectivity index (χ1) is 15.0. The number of benzene rings is 3. The van der Waals surface area contributed by atoms with Crippen LogP contribution in [0.5, 0.6) is 17.2 Å². The van der Waals surface area contributed by atoms with E-state index in [1.165, 1.54) is 7.11 Å². The minimum absolute atomic E-state index is 0.353. The molecule has 6 nitrogen and oxygen atoms in total. The summed E-state index contributed by atoms with van der Waals surface area (Å²) < 4.78 is 17.6. The molecule has 1 amide bonds. The number of carbonyl (C=O) groups is 1. The van der Waals surface area contributed by atoms with Gasteiger partial charge in [0.25, 0.3) is 5.91 Å². The summed E-state index contributed by atoms with van der Waals surface area (Å²) in [6.07, 6.45) is 1.55. The number of methoxy groups -OCH3 is 2. The van der Waals surface area contributed by atoms with Gasteiger partial charge in [0, 0.05) is 4.47 Å². The fraction of sp³-hybridized carbons (Fsp3) is 0.167. The van der Waals surface area contributed by atoms with Crippen LogP contribution in [0.3, 0.4) is 0 Å². The van der Waals surface area contributed by atoms with E-state index in [1.54, 1.807) is 37.6 Å². The van der Waals surface area contributed by atoms with Crippen LogP contribution in [0.25, 0.3) is 0 Å². The first-order valence-corrected chi connectivity index (χ1v) is 10.3. The first-order valence-electron chi connectivity index (χ1n) is 9.53. The van der Waals surface area contributed by atoms with E-state index in [4.69, 9.17) is 14.2 Å². The van der Waals surface area contributed by atoms with Gasteiger partial charge in [0.1, 0.15) is 12.4 Å². The maximum Gasteiger partial charge on any atom is 0.275 e. The second-order valence-corrected chi connectivity index (χ2v) is 7.64. The standard InChI is InChI=1S/C24H23BrN2O4/c1-16-4-10-20(22(12-16)30-3)24(28)27-26-14-18-7-11-21(29-2)23(13-18)31-15-17-5-8-19(25)9-6-17/h4-14H,15H2,1-3H3,(H,27,28)/b26-14-. The molecular weight excluding hydrogens is 460 g/mol. The summed E-state index contributed by atoms with van der Waals surface area (Å²) >= 11 is 3.42. The molecule has 7 heteroatoms. The molecule has 0 radical (unpaired) electrons. The third-order valence-electron chi connectivity index (χ3n) is 4.48. The van der Waals surface area contributed by atoms with Crippen molar-refractivity contribution in [2.45, 2.75) is 13.5 Å². The van der Waals surface area contributed by atoms with E-state index < -0.39 is 0 Å². The summed E-state index contributed by atoms with van der Waals surface area (Å²) in [6, 6.07) is 18.7. The fourth-order valence-corrected chi connectivity index (χ4v) is 3.10. The van der Waals surface area contributed by atoms with E-state index >= 15 is 0 Å². The van der Waals surface area contributed by atoms with Crippen molar-refractivity contribution in [1.82, 2.24) is 5.43 Å². The molecule has 31 heavy (non-hydrogen) atoms. The Kier molecular flexibility index (Phi) is 7.67. The van der Waals surface area contributed by atoms with Crippen molar-refractivity contribution in [2.24, 2.45) is 5.10 Å². The lowest BCUT2D eigenvalue weighted by atomic mass is 10.1. The molecule has 0 aromatic heterocycles. The van der Waals surface area contributed by atoms with E-state index in [0.717, 1.165) is 21.2 Å². The molecule has 0 aliphatic heterocycles. The molecule has 0 bridgehead atoms. The number of carbonyl (C=O) groups excluding carboxylic acids is 1. The molecule has 0 saturated carbocycles. The van der Waals surface area contributed by atoms with Crippen LogP contribution in [-0.4, -0.2) is 26.3 Å². The van der Waals surface area contributed by atoms with Crippen molar-refractivity contribution in [1.29, 1.82) is 0 Å². The Morgan fingerprint density at radius 2 is 1.71 bits per heavy atom. The van der Waals surface area contributed by atoms with Crippen LogP contribution in [0.4, 0.5) is 0 Å². The lowest BCUT2D eigenvalue weighted by Gasteiger charge is -2.11. The van der Waals surface area contributed by atoms with Gasteiger partial charge in [-0.2, -0.15) is 5.10 Å². The van der Waals surface area contributed by atoms with Gasteiger partial charge < -0.3 is 14.2 Å². The van der Waals surface area contributed by atoms with E-state index in [1.807, 2.05) is 43.3 Å². The van der Waals surface area contributed by atoms with Gasteiger partial charge in [0.05, 0.1) is 26.0 Å². The van der Waals surface area contributed by atoms with Crippen LogP contribution in [0.1, 0.15) is 27.0 Å². The van der Waals surface area contributed by atoms with Crippen molar-refractivity contribution in [3.63, 3.8) is 0 Å². The Labute approximate surface area is 190 Å². The van der Waals surface area contributed by atoms with Crippen LogP contribution < -0.4 is 19.6 Å². The van der Waals surface area contributed by atoms with E-state index in [0.29, 0.717) is 29.4 Å². The Hall–Kier alpha value is -3.32. The van der Waals surface area contributed by atoms with E-state index in [-0.39, 0.29) is 5.91 Å². The SMILES string of the molecule is COc1ccc(/C=N\NC(=O)c2ccc(C)cc2OC)cc1OCc1ccc(Br)cc1. The maximum absolute atomic E-state index is 12.4. The molecule has 1 N–H and O–H groups in total. The Bertz CT molecular complexity index is 1080. The van der Waals surface area contributed by atoms with Gasteiger partial charge in [-0.25, -0.2) is 5.43 Å². The Morgan fingerprint density at radius 3 is 2.42 bits per heavy atom. The van der Waals surface area contributed by atoms with Crippen LogP contribution >= 0.6 is 15.9 Å². The summed E-state index contributed by atoms with van der Waals surface area (Å²) in [5, 5.41) is 4.06. The number of aryl methyl sites for hydroxylation is 1. The van der Waals surface area contributed by atoms with E-state index in [2.05, 4.69) is 26.5 Å².